The minimum Gasteiger partial charge on any atom is -0.371 e. The lowest BCUT2D eigenvalue weighted by molar-refractivity contribution is -0.140. The lowest BCUT2D eigenvalue weighted by atomic mass is 10.0. The first kappa shape index (κ1) is 15.7. The van der Waals surface area contributed by atoms with Crippen LogP contribution in [0.3, 0.4) is 0 Å². The molecule has 112 valence electrons. The van der Waals surface area contributed by atoms with E-state index in [0.717, 1.165) is 16.8 Å². The molecule has 0 amide bonds. The summed E-state index contributed by atoms with van der Waals surface area (Å²) in [6.45, 7) is 5.52. The molecule has 0 bridgehead atoms. The fourth-order valence-electron chi connectivity index (χ4n) is 2.19. The third kappa shape index (κ3) is 3.67. The van der Waals surface area contributed by atoms with Gasteiger partial charge in [0.25, 0.3) is 0 Å². The third-order valence-corrected chi connectivity index (χ3v) is 3.33. The van der Waals surface area contributed by atoms with Crippen molar-refractivity contribution < 1.29 is 9.53 Å². The second-order valence-corrected chi connectivity index (χ2v) is 5.71. The Bertz CT molecular complexity index is 726. The highest BCUT2D eigenvalue weighted by atomic mass is 16.5. The average molecular weight is 293 g/mol. The Hall–Kier alpha value is -2.73. The van der Waals surface area contributed by atoms with Gasteiger partial charge in [-0.3, -0.25) is 0 Å². The standard InChI is InChI=1S/C19H19NO2/c1-5-22-18(21)19(3,4)20-17-11-7-10-16(13-17)15-9-6-8-14(2)12-15/h1,6-13,20H,2-4H3. The summed E-state index contributed by atoms with van der Waals surface area (Å²) in [6.07, 6.45) is 6.93. The minimum atomic E-state index is -0.905. The fraction of sp³-hybridized carbons (Fsp3) is 0.211. The smallest absolute Gasteiger partial charge is 0.345 e. The van der Waals surface area contributed by atoms with E-state index in [2.05, 4.69) is 35.2 Å². The van der Waals surface area contributed by atoms with E-state index < -0.39 is 11.5 Å². The highest BCUT2D eigenvalue weighted by Gasteiger charge is 2.29. The number of esters is 1. The monoisotopic (exact) mass is 293 g/mol. The van der Waals surface area contributed by atoms with Crippen LogP contribution in [-0.2, 0) is 9.53 Å². The molecule has 0 aromatic heterocycles. The van der Waals surface area contributed by atoms with Crippen LogP contribution in [0.15, 0.2) is 48.5 Å². The van der Waals surface area contributed by atoms with Crippen LogP contribution in [0.1, 0.15) is 19.4 Å². The molecule has 2 aromatic rings. The Balaban J connectivity index is 2.26. The summed E-state index contributed by atoms with van der Waals surface area (Å²) in [5.74, 6) is -0.490. The molecule has 22 heavy (non-hydrogen) atoms. The van der Waals surface area contributed by atoms with Gasteiger partial charge in [0.15, 0.2) is 0 Å². The van der Waals surface area contributed by atoms with Gasteiger partial charge in [-0.05, 0) is 44.0 Å². The van der Waals surface area contributed by atoms with E-state index in [1.54, 1.807) is 13.8 Å². The summed E-state index contributed by atoms with van der Waals surface area (Å²) >= 11 is 0. The number of benzene rings is 2. The maximum atomic E-state index is 11.8. The summed E-state index contributed by atoms with van der Waals surface area (Å²) in [5.41, 5.74) is 3.34. The van der Waals surface area contributed by atoms with Crippen LogP contribution >= 0.6 is 0 Å². The van der Waals surface area contributed by atoms with Crippen molar-refractivity contribution in [1.82, 2.24) is 0 Å². The number of aryl methyl sites for hydroxylation is 1. The van der Waals surface area contributed by atoms with Crippen LogP contribution in [0.5, 0.6) is 0 Å². The van der Waals surface area contributed by atoms with Crippen LogP contribution < -0.4 is 5.32 Å². The first-order valence-corrected chi connectivity index (χ1v) is 7.04. The third-order valence-electron chi connectivity index (χ3n) is 3.33. The van der Waals surface area contributed by atoms with Crippen LogP contribution in [0.2, 0.25) is 0 Å². The van der Waals surface area contributed by atoms with E-state index in [1.165, 1.54) is 5.56 Å². The highest BCUT2D eigenvalue weighted by Crippen LogP contribution is 2.25. The van der Waals surface area contributed by atoms with Gasteiger partial charge >= 0.3 is 5.97 Å². The van der Waals surface area contributed by atoms with E-state index in [-0.39, 0.29) is 0 Å². The van der Waals surface area contributed by atoms with Crippen molar-refractivity contribution in [3.05, 3.63) is 54.1 Å². The first-order valence-electron chi connectivity index (χ1n) is 7.04. The number of hydrogen-bond donors (Lipinski definition) is 1. The second-order valence-electron chi connectivity index (χ2n) is 5.71. The van der Waals surface area contributed by atoms with E-state index in [0.29, 0.717) is 0 Å². The molecule has 0 heterocycles. The summed E-state index contributed by atoms with van der Waals surface area (Å²) in [4.78, 5) is 11.8. The molecule has 3 nitrogen and oxygen atoms in total. The number of carbonyl (C=O) groups is 1. The molecule has 0 spiro atoms. The lowest BCUT2D eigenvalue weighted by Gasteiger charge is -2.24. The molecule has 2 rings (SSSR count). The van der Waals surface area contributed by atoms with Crippen LogP contribution in [0, 0.1) is 19.5 Å². The zero-order chi connectivity index (χ0) is 16.2. The zero-order valence-corrected chi connectivity index (χ0v) is 13.0. The average Bonchev–Trinajstić information content (AvgIpc) is 2.47. The summed E-state index contributed by atoms with van der Waals surface area (Å²) in [6, 6.07) is 16.2. The predicted molar refractivity (Wildman–Crippen MR) is 89.2 cm³/mol. The fourth-order valence-corrected chi connectivity index (χ4v) is 2.19. The number of nitrogens with one attached hydrogen (secondary N) is 1. The van der Waals surface area contributed by atoms with E-state index in [1.807, 2.05) is 36.4 Å². The molecule has 1 N–H and O–H groups in total. The van der Waals surface area contributed by atoms with Crippen molar-refractivity contribution in [3.63, 3.8) is 0 Å². The maximum Gasteiger partial charge on any atom is 0.345 e. The maximum absolute atomic E-state index is 11.8. The second kappa shape index (κ2) is 6.36. The number of rotatable bonds is 4. The molecule has 0 aliphatic heterocycles. The normalized spacial score (nSPS) is 10.6. The Morgan fingerprint density at radius 1 is 1.14 bits per heavy atom. The molecule has 0 radical (unpaired) electrons. The number of hydrogen-bond acceptors (Lipinski definition) is 3. The van der Waals surface area contributed by atoms with E-state index >= 15 is 0 Å². The predicted octanol–water partition coefficient (Wildman–Crippen LogP) is 3.99. The highest BCUT2D eigenvalue weighted by molar-refractivity contribution is 5.84. The van der Waals surface area contributed by atoms with Crippen LogP contribution in [0.4, 0.5) is 5.69 Å². The Morgan fingerprint density at radius 2 is 1.77 bits per heavy atom. The Labute approximate surface area is 131 Å². The van der Waals surface area contributed by atoms with Crippen molar-refractivity contribution >= 4 is 11.7 Å². The van der Waals surface area contributed by atoms with Crippen LogP contribution in [0.25, 0.3) is 11.1 Å². The van der Waals surface area contributed by atoms with Crippen molar-refractivity contribution in [3.8, 4) is 23.7 Å². The molecule has 0 aliphatic rings. The van der Waals surface area contributed by atoms with Crippen molar-refractivity contribution in [2.75, 3.05) is 5.32 Å². The van der Waals surface area contributed by atoms with Gasteiger partial charge in [0, 0.05) is 5.69 Å². The van der Waals surface area contributed by atoms with Crippen molar-refractivity contribution in [2.45, 2.75) is 26.3 Å². The molecular weight excluding hydrogens is 274 g/mol. The Kier molecular flexibility index (Phi) is 4.53. The molecule has 0 aliphatic carbocycles. The molecular formula is C19H19NO2. The molecule has 0 unspecified atom stereocenters. The number of terminal acetylenes is 1. The summed E-state index contributed by atoms with van der Waals surface area (Å²) in [5, 5.41) is 3.16. The lowest BCUT2D eigenvalue weighted by Crippen LogP contribution is -2.40. The van der Waals surface area contributed by atoms with Gasteiger partial charge in [-0.1, -0.05) is 48.4 Å². The van der Waals surface area contributed by atoms with Gasteiger partial charge in [0.05, 0.1) is 0 Å². The van der Waals surface area contributed by atoms with Gasteiger partial charge < -0.3 is 10.1 Å². The number of carbonyl (C=O) groups excluding carboxylic acids is 1. The van der Waals surface area contributed by atoms with Crippen molar-refractivity contribution in [2.24, 2.45) is 0 Å². The molecule has 0 fully saturated rings. The molecule has 0 atom stereocenters. The van der Waals surface area contributed by atoms with Gasteiger partial charge in [0.1, 0.15) is 11.6 Å². The summed E-state index contributed by atoms with van der Waals surface area (Å²) < 4.78 is 4.64. The molecule has 2 aromatic carbocycles. The quantitative estimate of drug-likeness (QED) is 0.684. The SMILES string of the molecule is C#COC(=O)C(C)(C)Nc1cccc(-c2cccc(C)c2)c1. The Morgan fingerprint density at radius 3 is 2.41 bits per heavy atom. The van der Waals surface area contributed by atoms with E-state index in [9.17, 15) is 4.79 Å². The van der Waals surface area contributed by atoms with Gasteiger partial charge in [-0.25, -0.2) is 4.79 Å². The van der Waals surface area contributed by atoms with Gasteiger partial charge in [-0.15, -0.1) is 0 Å². The van der Waals surface area contributed by atoms with Crippen molar-refractivity contribution in [1.29, 1.82) is 0 Å². The molecule has 3 heteroatoms. The first-order chi connectivity index (χ1) is 10.4. The largest absolute Gasteiger partial charge is 0.371 e. The minimum absolute atomic E-state index is 0.490. The van der Waals surface area contributed by atoms with Crippen LogP contribution in [-0.4, -0.2) is 11.5 Å². The molecule has 0 saturated heterocycles. The number of ether oxygens (including phenoxy) is 1. The summed E-state index contributed by atoms with van der Waals surface area (Å²) in [7, 11) is 0. The van der Waals surface area contributed by atoms with Gasteiger partial charge in [0.2, 0.25) is 0 Å². The molecule has 0 saturated carbocycles. The van der Waals surface area contributed by atoms with E-state index in [4.69, 9.17) is 6.42 Å². The topological polar surface area (TPSA) is 38.3 Å². The van der Waals surface area contributed by atoms with Gasteiger partial charge in [-0.2, -0.15) is 0 Å². The zero-order valence-electron chi connectivity index (χ0n) is 13.0. The number of anilines is 1.